The number of nitrogens with zero attached hydrogens (tertiary/aromatic N) is 3. The number of rotatable bonds is 3. The van der Waals surface area contributed by atoms with Crippen molar-refractivity contribution >= 4 is 32.4 Å². The summed E-state index contributed by atoms with van der Waals surface area (Å²) >= 11 is 1.83. The standard InChI is InChI=1S/C21H25N3S/c1-4-17-6-5-7-19-20(17)22-21(25-19)24-12-10-23(11-13-24)18-14-15(2)8-9-16(18)3/h5-9,14H,4,10-13H2,1-3H3. The first-order valence-electron chi connectivity index (χ1n) is 9.11. The van der Waals surface area contributed by atoms with Crippen LogP contribution < -0.4 is 9.80 Å². The number of aromatic nitrogens is 1. The van der Waals surface area contributed by atoms with Gasteiger partial charge in [0.1, 0.15) is 0 Å². The van der Waals surface area contributed by atoms with Crippen LogP contribution in [0, 0.1) is 13.8 Å². The molecule has 0 saturated carbocycles. The molecule has 0 N–H and O–H groups in total. The van der Waals surface area contributed by atoms with Gasteiger partial charge in [-0.05, 0) is 49.1 Å². The number of fused-ring (bicyclic) bond motifs is 1. The molecule has 2 aromatic carbocycles. The van der Waals surface area contributed by atoms with Crippen LogP contribution in [0.5, 0.6) is 0 Å². The molecule has 3 aromatic rings. The lowest BCUT2D eigenvalue weighted by Crippen LogP contribution is -2.46. The minimum Gasteiger partial charge on any atom is -0.368 e. The zero-order chi connectivity index (χ0) is 17.4. The third-order valence-electron chi connectivity index (χ3n) is 5.13. The maximum atomic E-state index is 4.96. The van der Waals surface area contributed by atoms with Crippen LogP contribution in [0.2, 0.25) is 0 Å². The molecule has 0 spiro atoms. The van der Waals surface area contributed by atoms with Crippen LogP contribution in [0.1, 0.15) is 23.6 Å². The SMILES string of the molecule is CCc1cccc2sc(N3CCN(c4cc(C)ccc4C)CC3)nc12. The highest BCUT2D eigenvalue weighted by Crippen LogP contribution is 2.32. The van der Waals surface area contributed by atoms with Gasteiger partial charge in [-0.25, -0.2) is 4.98 Å². The molecule has 0 aliphatic carbocycles. The lowest BCUT2D eigenvalue weighted by atomic mass is 10.1. The van der Waals surface area contributed by atoms with Crippen molar-refractivity contribution in [1.29, 1.82) is 0 Å². The molecular formula is C21H25N3S. The Hall–Kier alpha value is -2.07. The lowest BCUT2D eigenvalue weighted by molar-refractivity contribution is 0.651. The van der Waals surface area contributed by atoms with E-state index in [1.807, 2.05) is 11.3 Å². The van der Waals surface area contributed by atoms with E-state index in [2.05, 4.69) is 67.0 Å². The minimum atomic E-state index is 1.04. The smallest absolute Gasteiger partial charge is 0.186 e. The maximum Gasteiger partial charge on any atom is 0.186 e. The number of hydrogen-bond acceptors (Lipinski definition) is 4. The van der Waals surface area contributed by atoms with Gasteiger partial charge in [-0.15, -0.1) is 0 Å². The average molecular weight is 352 g/mol. The highest BCUT2D eigenvalue weighted by Gasteiger charge is 2.21. The van der Waals surface area contributed by atoms with Crippen LogP contribution in [0.3, 0.4) is 0 Å². The van der Waals surface area contributed by atoms with Gasteiger partial charge < -0.3 is 9.80 Å². The van der Waals surface area contributed by atoms with Crippen LogP contribution in [-0.4, -0.2) is 31.2 Å². The molecule has 130 valence electrons. The van der Waals surface area contributed by atoms with Crippen LogP contribution >= 0.6 is 11.3 Å². The minimum absolute atomic E-state index is 1.04. The average Bonchev–Trinajstić information content (AvgIpc) is 3.08. The van der Waals surface area contributed by atoms with E-state index >= 15 is 0 Å². The van der Waals surface area contributed by atoms with Crippen molar-refractivity contribution < 1.29 is 0 Å². The highest BCUT2D eigenvalue weighted by molar-refractivity contribution is 7.22. The van der Waals surface area contributed by atoms with Crippen molar-refractivity contribution in [2.24, 2.45) is 0 Å². The summed E-state index contributed by atoms with van der Waals surface area (Å²) in [5, 5.41) is 1.18. The molecule has 2 heterocycles. The maximum absolute atomic E-state index is 4.96. The third kappa shape index (κ3) is 3.11. The van der Waals surface area contributed by atoms with Crippen molar-refractivity contribution in [1.82, 2.24) is 4.98 Å². The second-order valence-corrected chi connectivity index (χ2v) is 7.89. The number of hydrogen-bond donors (Lipinski definition) is 0. The molecule has 0 radical (unpaired) electrons. The van der Waals surface area contributed by atoms with Gasteiger partial charge in [0.2, 0.25) is 0 Å². The summed E-state index contributed by atoms with van der Waals surface area (Å²) < 4.78 is 1.31. The summed E-state index contributed by atoms with van der Waals surface area (Å²) in [4.78, 5) is 9.93. The normalized spacial score (nSPS) is 15.2. The first kappa shape index (κ1) is 16.4. The molecule has 0 unspecified atom stereocenters. The second-order valence-electron chi connectivity index (χ2n) is 6.88. The zero-order valence-corrected chi connectivity index (χ0v) is 16.1. The third-order valence-corrected chi connectivity index (χ3v) is 6.21. The number of anilines is 2. The van der Waals surface area contributed by atoms with Gasteiger partial charge in [-0.3, -0.25) is 0 Å². The first-order valence-corrected chi connectivity index (χ1v) is 9.93. The summed E-state index contributed by atoms with van der Waals surface area (Å²) in [6, 6.07) is 13.3. The van der Waals surface area contributed by atoms with Gasteiger partial charge in [0.05, 0.1) is 10.2 Å². The van der Waals surface area contributed by atoms with E-state index in [4.69, 9.17) is 4.98 Å². The molecule has 1 saturated heterocycles. The van der Waals surface area contributed by atoms with Crippen LogP contribution in [0.25, 0.3) is 10.2 Å². The fourth-order valence-corrected chi connectivity index (χ4v) is 4.68. The van der Waals surface area contributed by atoms with Crippen LogP contribution in [0.4, 0.5) is 10.8 Å². The van der Waals surface area contributed by atoms with Gasteiger partial charge in [0.15, 0.2) is 5.13 Å². The highest BCUT2D eigenvalue weighted by atomic mass is 32.1. The summed E-state index contributed by atoms with van der Waals surface area (Å²) in [5.41, 5.74) is 6.64. The summed E-state index contributed by atoms with van der Waals surface area (Å²) in [5.74, 6) is 0. The van der Waals surface area contributed by atoms with Gasteiger partial charge >= 0.3 is 0 Å². The van der Waals surface area contributed by atoms with E-state index in [0.717, 1.165) is 32.6 Å². The van der Waals surface area contributed by atoms with Gasteiger partial charge in [-0.1, -0.05) is 42.5 Å². The summed E-state index contributed by atoms with van der Waals surface area (Å²) in [7, 11) is 0. The van der Waals surface area contributed by atoms with Crippen LogP contribution in [-0.2, 0) is 6.42 Å². The molecule has 1 aliphatic rings. The predicted octanol–water partition coefficient (Wildman–Crippen LogP) is 4.80. The van der Waals surface area contributed by atoms with Crippen molar-refractivity contribution in [2.45, 2.75) is 27.2 Å². The summed E-state index contributed by atoms with van der Waals surface area (Å²) in [6.45, 7) is 10.8. The molecule has 25 heavy (non-hydrogen) atoms. The number of aryl methyl sites for hydroxylation is 3. The molecule has 1 aromatic heterocycles. The summed E-state index contributed by atoms with van der Waals surface area (Å²) in [6.07, 6.45) is 1.04. The second kappa shape index (κ2) is 6.68. The monoisotopic (exact) mass is 351 g/mol. The zero-order valence-electron chi connectivity index (χ0n) is 15.2. The van der Waals surface area contributed by atoms with E-state index in [1.54, 1.807) is 0 Å². The Labute approximate surface area is 153 Å². The van der Waals surface area contributed by atoms with Gasteiger partial charge in [-0.2, -0.15) is 0 Å². The molecule has 1 aliphatic heterocycles. The molecule has 3 nitrogen and oxygen atoms in total. The Bertz CT molecular complexity index is 891. The van der Waals surface area contributed by atoms with E-state index in [0.29, 0.717) is 0 Å². The molecule has 0 bridgehead atoms. The Balaban J connectivity index is 1.53. The molecular weight excluding hydrogens is 326 g/mol. The largest absolute Gasteiger partial charge is 0.368 e. The molecule has 1 fully saturated rings. The Morgan fingerprint density at radius 1 is 1.00 bits per heavy atom. The van der Waals surface area contributed by atoms with Crippen molar-refractivity contribution in [3.05, 3.63) is 53.1 Å². The fourth-order valence-electron chi connectivity index (χ4n) is 3.61. The number of benzene rings is 2. The quantitative estimate of drug-likeness (QED) is 0.675. The molecule has 0 atom stereocenters. The molecule has 4 heteroatoms. The number of piperazine rings is 1. The Kier molecular flexibility index (Phi) is 4.38. The number of para-hydroxylation sites is 1. The van der Waals surface area contributed by atoms with Crippen molar-refractivity contribution in [2.75, 3.05) is 36.0 Å². The van der Waals surface area contributed by atoms with E-state index in [1.165, 1.54) is 37.7 Å². The van der Waals surface area contributed by atoms with Crippen molar-refractivity contribution in [3.8, 4) is 0 Å². The molecule has 4 rings (SSSR count). The van der Waals surface area contributed by atoms with Crippen molar-refractivity contribution in [3.63, 3.8) is 0 Å². The Morgan fingerprint density at radius 3 is 2.52 bits per heavy atom. The topological polar surface area (TPSA) is 19.4 Å². The predicted molar refractivity (Wildman–Crippen MR) is 109 cm³/mol. The van der Waals surface area contributed by atoms with Gasteiger partial charge in [0, 0.05) is 31.9 Å². The number of thiazole rings is 1. The fraction of sp³-hybridized carbons (Fsp3) is 0.381. The first-order chi connectivity index (χ1) is 12.2. The Morgan fingerprint density at radius 2 is 1.76 bits per heavy atom. The van der Waals surface area contributed by atoms with E-state index < -0.39 is 0 Å². The lowest BCUT2D eigenvalue weighted by Gasteiger charge is -2.36. The van der Waals surface area contributed by atoms with Crippen LogP contribution in [0.15, 0.2) is 36.4 Å². The molecule has 0 amide bonds. The van der Waals surface area contributed by atoms with Gasteiger partial charge in [0.25, 0.3) is 0 Å². The van der Waals surface area contributed by atoms with E-state index in [9.17, 15) is 0 Å². The van der Waals surface area contributed by atoms with E-state index in [-0.39, 0.29) is 0 Å².